The minimum Gasteiger partial charge on any atom is -0.428 e. The van der Waals surface area contributed by atoms with Gasteiger partial charge in [-0.2, -0.15) is 0 Å². The van der Waals surface area contributed by atoms with Crippen LogP contribution in [0.5, 0.6) is 5.75 Å². The van der Waals surface area contributed by atoms with Gasteiger partial charge < -0.3 is 4.74 Å². The van der Waals surface area contributed by atoms with E-state index < -0.39 is 0 Å². The van der Waals surface area contributed by atoms with Crippen molar-refractivity contribution in [3.8, 4) is 5.75 Å². The standard InChI is InChI=1S/C14H9NO2/c16-9-17-13-7-3-6-12-14(13)11-5-2-1-4-10(11)8-15-12/h1-9H. The molecule has 0 unspecified atom stereocenters. The summed E-state index contributed by atoms with van der Waals surface area (Å²) in [5.41, 5.74) is 0.822. The molecule has 1 heterocycles. The molecule has 0 N–H and O–H groups in total. The van der Waals surface area contributed by atoms with Gasteiger partial charge in [0.05, 0.1) is 10.9 Å². The summed E-state index contributed by atoms with van der Waals surface area (Å²) >= 11 is 0. The van der Waals surface area contributed by atoms with Crippen LogP contribution in [0.15, 0.2) is 48.7 Å². The van der Waals surface area contributed by atoms with Crippen molar-refractivity contribution in [2.24, 2.45) is 0 Å². The van der Waals surface area contributed by atoms with Crippen LogP contribution < -0.4 is 4.74 Å². The molecule has 0 saturated carbocycles. The van der Waals surface area contributed by atoms with Crippen molar-refractivity contribution in [3.63, 3.8) is 0 Å². The number of carbonyl (C=O) groups is 1. The smallest absolute Gasteiger partial charge is 0.298 e. The van der Waals surface area contributed by atoms with E-state index in [9.17, 15) is 4.79 Å². The van der Waals surface area contributed by atoms with Gasteiger partial charge in [0.15, 0.2) is 0 Å². The Kier molecular flexibility index (Phi) is 2.22. The topological polar surface area (TPSA) is 39.2 Å². The van der Waals surface area contributed by atoms with Crippen LogP contribution in [0.25, 0.3) is 21.7 Å². The summed E-state index contributed by atoms with van der Waals surface area (Å²) in [6.07, 6.45) is 1.82. The predicted octanol–water partition coefficient (Wildman–Crippen LogP) is 2.92. The lowest BCUT2D eigenvalue weighted by Gasteiger charge is -2.06. The number of carbonyl (C=O) groups excluding carboxylic acids is 1. The molecule has 0 aliphatic carbocycles. The molecule has 3 heteroatoms. The Labute approximate surface area is 97.7 Å². The van der Waals surface area contributed by atoms with Gasteiger partial charge in [0, 0.05) is 11.6 Å². The van der Waals surface area contributed by atoms with E-state index in [1.54, 1.807) is 6.07 Å². The van der Waals surface area contributed by atoms with E-state index in [1.807, 2.05) is 42.6 Å². The Bertz CT molecular complexity index is 707. The molecular weight excluding hydrogens is 214 g/mol. The summed E-state index contributed by atoms with van der Waals surface area (Å²) < 4.78 is 5.01. The largest absolute Gasteiger partial charge is 0.428 e. The van der Waals surface area contributed by atoms with Crippen LogP contribution >= 0.6 is 0 Å². The molecule has 3 aromatic rings. The van der Waals surface area contributed by atoms with Gasteiger partial charge >= 0.3 is 0 Å². The molecular formula is C14H9NO2. The third-order valence-electron chi connectivity index (χ3n) is 2.75. The van der Waals surface area contributed by atoms with Crippen LogP contribution in [0, 0.1) is 0 Å². The highest BCUT2D eigenvalue weighted by Crippen LogP contribution is 2.30. The summed E-state index contributed by atoms with van der Waals surface area (Å²) in [4.78, 5) is 14.9. The quantitative estimate of drug-likeness (QED) is 0.495. The van der Waals surface area contributed by atoms with Crippen molar-refractivity contribution in [3.05, 3.63) is 48.7 Å². The molecule has 0 saturated heterocycles. The number of rotatable bonds is 2. The Hall–Kier alpha value is -2.42. The summed E-state index contributed by atoms with van der Waals surface area (Å²) in [5.74, 6) is 0.543. The number of benzene rings is 2. The van der Waals surface area contributed by atoms with Crippen LogP contribution in [0.3, 0.4) is 0 Å². The Morgan fingerprint density at radius 2 is 1.94 bits per heavy atom. The van der Waals surface area contributed by atoms with E-state index >= 15 is 0 Å². The van der Waals surface area contributed by atoms with E-state index in [4.69, 9.17) is 4.74 Å². The van der Waals surface area contributed by atoms with Crippen molar-refractivity contribution in [1.82, 2.24) is 4.98 Å². The molecule has 82 valence electrons. The fourth-order valence-corrected chi connectivity index (χ4v) is 2.02. The number of hydrogen-bond acceptors (Lipinski definition) is 3. The van der Waals surface area contributed by atoms with Gasteiger partial charge in [-0.05, 0) is 17.5 Å². The third-order valence-corrected chi connectivity index (χ3v) is 2.75. The normalized spacial score (nSPS) is 10.6. The maximum absolute atomic E-state index is 10.5. The van der Waals surface area contributed by atoms with Crippen molar-refractivity contribution in [2.75, 3.05) is 0 Å². The number of aromatic nitrogens is 1. The lowest BCUT2D eigenvalue weighted by Crippen LogP contribution is -1.91. The lowest BCUT2D eigenvalue weighted by molar-refractivity contribution is -0.120. The number of fused-ring (bicyclic) bond motifs is 3. The molecule has 0 aliphatic heterocycles. The number of pyridine rings is 1. The number of nitrogens with zero attached hydrogens (tertiary/aromatic N) is 1. The average molecular weight is 223 g/mol. The monoisotopic (exact) mass is 223 g/mol. The zero-order valence-electron chi connectivity index (χ0n) is 8.96. The summed E-state index contributed by atoms with van der Waals surface area (Å²) in [5, 5.41) is 2.94. The van der Waals surface area contributed by atoms with Crippen LogP contribution in [0.1, 0.15) is 0 Å². The molecule has 0 fully saturated rings. The van der Waals surface area contributed by atoms with Crippen molar-refractivity contribution in [1.29, 1.82) is 0 Å². The highest BCUT2D eigenvalue weighted by atomic mass is 16.5. The minimum atomic E-state index is 0.441. The maximum Gasteiger partial charge on any atom is 0.298 e. The fourth-order valence-electron chi connectivity index (χ4n) is 2.02. The first-order chi connectivity index (χ1) is 8.40. The summed E-state index contributed by atoms with van der Waals surface area (Å²) in [6.45, 7) is 0.441. The fraction of sp³-hybridized carbons (Fsp3) is 0. The molecule has 2 aromatic carbocycles. The molecule has 1 aromatic heterocycles. The first kappa shape index (κ1) is 9.78. The Morgan fingerprint density at radius 3 is 2.82 bits per heavy atom. The predicted molar refractivity (Wildman–Crippen MR) is 65.9 cm³/mol. The van der Waals surface area contributed by atoms with E-state index in [-0.39, 0.29) is 0 Å². The molecule has 0 radical (unpaired) electrons. The zero-order chi connectivity index (χ0) is 11.7. The van der Waals surface area contributed by atoms with Crippen LogP contribution in [0.2, 0.25) is 0 Å². The summed E-state index contributed by atoms with van der Waals surface area (Å²) in [6, 6.07) is 13.4. The van der Waals surface area contributed by atoms with Crippen molar-refractivity contribution in [2.45, 2.75) is 0 Å². The first-order valence-corrected chi connectivity index (χ1v) is 5.27. The van der Waals surface area contributed by atoms with Gasteiger partial charge in [-0.3, -0.25) is 9.78 Å². The summed E-state index contributed by atoms with van der Waals surface area (Å²) in [7, 11) is 0. The third kappa shape index (κ3) is 1.52. The van der Waals surface area contributed by atoms with Crippen LogP contribution in [-0.4, -0.2) is 11.5 Å². The van der Waals surface area contributed by atoms with E-state index in [2.05, 4.69) is 4.98 Å². The van der Waals surface area contributed by atoms with Crippen LogP contribution in [0.4, 0.5) is 0 Å². The second kappa shape index (κ2) is 3.87. The second-order valence-corrected chi connectivity index (χ2v) is 3.71. The van der Waals surface area contributed by atoms with Gasteiger partial charge in [-0.1, -0.05) is 30.3 Å². The molecule has 0 amide bonds. The highest BCUT2D eigenvalue weighted by molar-refractivity contribution is 6.08. The Balaban J connectivity index is 2.49. The zero-order valence-corrected chi connectivity index (χ0v) is 8.96. The SMILES string of the molecule is O=COc1cccc2ncc3ccccc3c12. The maximum atomic E-state index is 10.5. The molecule has 3 nitrogen and oxygen atoms in total. The number of hydrogen-bond donors (Lipinski definition) is 0. The van der Waals surface area contributed by atoms with Gasteiger partial charge in [-0.25, -0.2) is 0 Å². The highest BCUT2D eigenvalue weighted by Gasteiger charge is 2.06. The van der Waals surface area contributed by atoms with Gasteiger partial charge in [0.1, 0.15) is 5.75 Å². The minimum absolute atomic E-state index is 0.441. The van der Waals surface area contributed by atoms with Crippen molar-refractivity contribution < 1.29 is 9.53 Å². The van der Waals surface area contributed by atoms with Crippen molar-refractivity contribution >= 4 is 28.1 Å². The van der Waals surface area contributed by atoms with Gasteiger partial charge in [0.2, 0.25) is 0 Å². The molecule has 0 bridgehead atoms. The first-order valence-electron chi connectivity index (χ1n) is 5.27. The van der Waals surface area contributed by atoms with Gasteiger partial charge in [-0.15, -0.1) is 0 Å². The molecule has 0 spiro atoms. The van der Waals surface area contributed by atoms with Gasteiger partial charge in [0.25, 0.3) is 6.47 Å². The van der Waals surface area contributed by atoms with Crippen LogP contribution in [-0.2, 0) is 4.79 Å². The lowest BCUT2D eigenvalue weighted by atomic mass is 10.1. The molecule has 0 aliphatic rings. The molecule has 3 rings (SSSR count). The van der Waals surface area contributed by atoms with E-state index in [1.165, 1.54) is 0 Å². The molecule has 0 atom stereocenters. The number of ether oxygens (including phenoxy) is 1. The Morgan fingerprint density at radius 1 is 1.06 bits per heavy atom. The average Bonchev–Trinajstić information content (AvgIpc) is 2.39. The van der Waals surface area contributed by atoms with E-state index in [0.717, 1.165) is 21.7 Å². The molecule has 17 heavy (non-hydrogen) atoms. The van der Waals surface area contributed by atoms with E-state index in [0.29, 0.717) is 12.2 Å². The second-order valence-electron chi connectivity index (χ2n) is 3.71.